The van der Waals surface area contributed by atoms with Crippen molar-refractivity contribution in [2.24, 2.45) is 0 Å². The average Bonchev–Trinajstić information content (AvgIpc) is 3.23. The molecule has 0 aliphatic carbocycles. The van der Waals surface area contributed by atoms with Gasteiger partial charge < -0.3 is 9.88 Å². The van der Waals surface area contributed by atoms with E-state index in [2.05, 4.69) is 25.0 Å². The first-order valence-corrected chi connectivity index (χ1v) is 7.54. The fourth-order valence-electron chi connectivity index (χ4n) is 3.05. The Morgan fingerprint density at radius 2 is 2.08 bits per heavy atom. The van der Waals surface area contributed by atoms with E-state index in [4.69, 9.17) is 0 Å². The zero-order valence-corrected chi connectivity index (χ0v) is 12.5. The Bertz CT molecular complexity index is 853. The molecule has 4 heterocycles. The van der Waals surface area contributed by atoms with Gasteiger partial charge in [0.2, 0.25) is 0 Å². The maximum absolute atomic E-state index is 12.7. The number of nitrogens with one attached hydrogen (secondary N) is 1. The quantitative estimate of drug-likeness (QED) is 0.777. The number of aromatic nitrogens is 6. The Morgan fingerprint density at radius 1 is 1.21 bits per heavy atom. The number of imidazole rings is 1. The van der Waals surface area contributed by atoms with Crippen LogP contribution >= 0.6 is 0 Å². The Hall–Kier alpha value is -2.65. The van der Waals surface area contributed by atoms with Gasteiger partial charge >= 0.3 is 6.18 Å². The number of aromatic amines is 1. The van der Waals surface area contributed by atoms with Gasteiger partial charge in [-0.2, -0.15) is 18.3 Å². The van der Waals surface area contributed by atoms with Crippen LogP contribution in [0.3, 0.4) is 0 Å². The van der Waals surface area contributed by atoms with Crippen LogP contribution in [0.1, 0.15) is 24.6 Å². The van der Waals surface area contributed by atoms with Gasteiger partial charge in [-0.3, -0.25) is 4.68 Å². The van der Waals surface area contributed by atoms with Gasteiger partial charge in [0.05, 0.1) is 12.4 Å². The largest absolute Gasteiger partial charge is 0.435 e. The van der Waals surface area contributed by atoms with E-state index in [9.17, 15) is 13.2 Å². The van der Waals surface area contributed by atoms with E-state index in [1.54, 1.807) is 6.33 Å². The average molecular weight is 337 g/mol. The highest BCUT2D eigenvalue weighted by atomic mass is 19.4. The predicted octanol–water partition coefficient (Wildman–Crippen LogP) is 2.41. The molecule has 7 nitrogen and oxygen atoms in total. The van der Waals surface area contributed by atoms with Crippen molar-refractivity contribution < 1.29 is 13.2 Å². The van der Waals surface area contributed by atoms with Crippen LogP contribution in [0, 0.1) is 0 Å². The van der Waals surface area contributed by atoms with Crippen LogP contribution in [0.25, 0.3) is 11.2 Å². The summed E-state index contributed by atoms with van der Waals surface area (Å²) in [6.07, 6.45) is 1.57. The highest BCUT2D eigenvalue weighted by Gasteiger charge is 2.34. The van der Waals surface area contributed by atoms with Gasteiger partial charge in [0, 0.05) is 19.3 Å². The number of hydrogen-bond donors (Lipinski definition) is 1. The summed E-state index contributed by atoms with van der Waals surface area (Å²) in [5.74, 6) is 0.713. The van der Waals surface area contributed by atoms with Crippen molar-refractivity contribution in [1.82, 2.24) is 29.7 Å². The number of anilines is 1. The van der Waals surface area contributed by atoms with Gasteiger partial charge in [-0.25, -0.2) is 15.0 Å². The van der Waals surface area contributed by atoms with Gasteiger partial charge in [0.15, 0.2) is 17.2 Å². The molecule has 126 valence electrons. The summed E-state index contributed by atoms with van der Waals surface area (Å²) in [4.78, 5) is 17.5. The van der Waals surface area contributed by atoms with E-state index >= 15 is 0 Å². The lowest BCUT2D eigenvalue weighted by molar-refractivity contribution is -0.141. The summed E-state index contributed by atoms with van der Waals surface area (Å²) in [6, 6.07) is 0.874. The Kier molecular flexibility index (Phi) is 3.39. The second-order valence-electron chi connectivity index (χ2n) is 5.72. The fraction of sp³-hybridized carbons (Fsp3) is 0.429. The van der Waals surface area contributed by atoms with Crippen LogP contribution in [0.2, 0.25) is 0 Å². The lowest BCUT2D eigenvalue weighted by Crippen LogP contribution is -2.37. The molecule has 4 rings (SSSR count). The van der Waals surface area contributed by atoms with Crippen molar-refractivity contribution in [1.29, 1.82) is 0 Å². The third-order valence-electron chi connectivity index (χ3n) is 4.17. The zero-order valence-electron chi connectivity index (χ0n) is 12.5. The summed E-state index contributed by atoms with van der Waals surface area (Å²) in [7, 11) is 0. The first-order chi connectivity index (χ1) is 11.5. The van der Waals surface area contributed by atoms with Gasteiger partial charge in [-0.15, -0.1) is 0 Å². The SMILES string of the molecule is FC(F)(F)c1ccn(C2CCCN(c3ncnc4nc[nH]c34)C2)n1. The summed E-state index contributed by atoms with van der Waals surface area (Å²) in [5.41, 5.74) is 0.438. The highest BCUT2D eigenvalue weighted by molar-refractivity contribution is 5.82. The summed E-state index contributed by atoms with van der Waals surface area (Å²) >= 11 is 0. The number of rotatable bonds is 2. The molecule has 10 heteroatoms. The number of hydrogen-bond acceptors (Lipinski definition) is 5. The highest BCUT2D eigenvalue weighted by Crippen LogP contribution is 2.31. The van der Waals surface area contributed by atoms with Crippen molar-refractivity contribution in [3.05, 3.63) is 30.6 Å². The third kappa shape index (κ3) is 2.57. The van der Waals surface area contributed by atoms with Crippen LogP contribution in [0.4, 0.5) is 19.0 Å². The number of piperidine rings is 1. The maximum atomic E-state index is 12.7. The smallest absolute Gasteiger partial charge is 0.353 e. The van der Waals surface area contributed by atoms with Gasteiger partial charge in [-0.05, 0) is 18.9 Å². The third-order valence-corrected chi connectivity index (χ3v) is 4.17. The molecule has 1 fully saturated rings. The molecule has 1 aliphatic heterocycles. The van der Waals surface area contributed by atoms with Crippen LogP contribution < -0.4 is 4.90 Å². The summed E-state index contributed by atoms with van der Waals surface area (Å²) in [5, 5.41) is 3.70. The van der Waals surface area contributed by atoms with E-state index in [1.165, 1.54) is 17.2 Å². The lowest BCUT2D eigenvalue weighted by atomic mass is 10.1. The zero-order chi connectivity index (χ0) is 16.7. The van der Waals surface area contributed by atoms with Crippen molar-refractivity contribution in [2.45, 2.75) is 25.1 Å². The molecule has 1 unspecified atom stereocenters. The molecule has 1 saturated heterocycles. The van der Waals surface area contributed by atoms with Crippen molar-refractivity contribution in [3.8, 4) is 0 Å². The van der Waals surface area contributed by atoms with E-state index in [0.717, 1.165) is 31.0 Å². The molecule has 24 heavy (non-hydrogen) atoms. The monoisotopic (exact) mass is 337 g/mol. The van der Waals surface area contributed by atoms with Gasteiger partial charge in [0.1, 0.15) is 11.8 Å². The standard InChI is InChI=1S/C14H14F3N7/c15-14(16,17)10-3-5-24(22-10)9-2-1-4-23(6-9)13-11-12(19-7-18-11)20-8-21-13/h3,5,7-9H,1-2,4,6H2,(H,18,19,20,21). The Labute approximate surface area is 134 Å². The number of H-pyrrole nitrogens is 1. The first-order valence-electron chi connectivity index (χ1n) is 7.54. The minimum Gasteiger partial charge on any atom is -0.353 e. The fourth-order valence-corrected chi connectivity index (χ4v) is 3.05. The van der Waals surface area contributed by atoms with Crippen LogP contribution in [-0.4, -0.2) is 42.8 Å². The van der Waals surface area contributed by atoms with E-state index in [0.29, 0.717) is 18.0 Å². The van der Waals surface area contributed by atoms with Gasteiger partial charge in [0.25, 0.3) is 0 Å². The molecule has 3 aromatic rings. The van der Waals surface area contributed by atoms with Crippen LogP contribution in [0.5, 0.6) is 0 Å². The van der Waals surface area contributed by atoms with Crippen LogP contribution in [-0.2, 0) is 6.18 Å². The molecule has 1 atom stereocenters. The molecule has 0 saturated carbocycles. The molecule has 0 amide bonds. The minimum atomic E-state index is -4.42. The second-order valence-corrected chi connectivity index (χ2v) is 5.72. The maximum Gasteiger partial charge on any atom is 0.435 e. The predicted molar refractivity (Wildman–Crippen MR) is 79.4 cm³/mol. The molecule has 1 N–H and O–H groups in total. The topological polar surface area (TPSA) is 75.5 Å². The Balaban J connectivity index is 1.60. The minimum absolute atomic E-state index is 0.136. The van der Waals surface area contributed by atoms with E-state index in [-0.39, 0.29) is 6.04 Å². The number of nitrogens with zero attached hydrogens (tertiary/aromatic N) is 6. The second kappa shape index (κ2) is 5.46. The molecule has 0 radical (unpaired) electrons. The summed E-state index contributed by atoms with van der Waals surface area (Å²) in [6.45, 7) is 1.30. The number of halogens is 3. The molecular formula is C14H14F3N7. The Morgan fingerprint density at radius 3 is 2.88 bits per heavy atom. The lowest BCUT2D eigenvalue weighted by Gasteiger charge is -2.33. The van der Waals surface area contributed by atoms with Gasteiger partial charge in [-0.1, -0.05) is 0 Å². The summed E-state index contributed by atoms with van der Waals surface area (Å²) < 4.78 is 39.6. The molecule has 0 aromatic carbocycles. The number of fused-ring (bicyclic) bond motifs is 1. The normalized spacial score (nSPS) is 19.1. The molecule has 1 aliphatic rings. The first kappa shape index (κ1) is 14.9. The molecular weight excluding hydrogens is 323 g/mol. The molecule has 0 spiro atoms. The van der Waals surface area contributed by atoms with Crippen molar-refractivity contribution in [3.63, 3.8) is 0 Å². The van der Waals surface area contributed by atoms with Crippen molar-refractivity contribution in [2.75, 3.05) is 18.0 Å². The van der Waals surface area contributed by atoms with E-state index < -0.39 is 11.9 Å². The van der Waals surface area contributed by atoms with Crippen LogP contribution in [0.15, 0.2) is 24.9 Å². The number of alkyl halides is 3. The van der Waals surface area contributed by atoms with Crippen molar-refractivity contribution >= 4 is 17.0 Å². The molecule has 0 bridgehead atoms. The molecule has 3 aromatic heterocycles. The van der Waals surface area contributed by atoms with E-state index in [1.807, 2.05) is 4.90 Å².